The van der Waals surface area contributed by atoms with Crippen LogP contribution in [0, 0.1) is 5.92 Å². The predicted molar refractivity (Wildman–Crippen MR) is 64.0 cm³/mol. The Kier molecular flexibility index (Phi) is 4.56. The SMILES string of the molecule is CN(C)CCN1CCC(CO)CC1(C)C. The molecule has 1 rings (SSSR count). The molecule has 1 heterocycles. The van der Waals surface area contributed by atoms with Gasteiger partial charge in [-0.05, 0) is 53.2 Å². The molecule has 1 fully saturated rings. The maximum atomic E-state index is 9.20. The largest absolute Gasteiger partial charge is 0.396 e. The van der Waals surface area contributed by atoms with Crippen molar-refractivity contribution in [1.82, 2.24) is 9.80 Å². The number of aliphatic hydroxyl groups excluding tert-OH is 1. The van der Waals surface area contributed by atoms with Gasteiger partial charge in [0.1, 0.15) is 0 Å². The van der Waals surface area contributed by atoms with Crippen LogP contribution in [0.2, 0.25) is 0 Å². The molecule has 0 amide bonds. The van der Waals surface area contributed by atoms with Gasteiger partial charge in [-0.25, -0.2) is 0 Å². The average molecular weight is 214 g/mol. The van der Waals surface area contributed by atoms with E-state index < -0.39 is 0 Å². The normalized spacial score (nSPS) is 27.2. The van der Waals surface area contributed by atoms with E-state index in [1.165, 1.54) is 0 Å². The lowest BCUT2D eigenvalue weighted by atomic mass is 9.83. The molecule has 1 unspecified atom stereocenters. The van der Waals surface area contributed by atoms with E-state index in [-0.39, 0.29) is 5.54 Å². The molecule has 0 aromatic heterocycles. The Morgan fingerprint density at radius 1 is 1.40 bits per heavy atom. The smallest absolute Gasteiger partial charge is 0.0460 e. The predicted octanol–water partition coefficient (Wildman–Crippen LogP) is 1.03. The molecule has 1 aliphatic heterocycles. The van der Waals surface area contributed by atoms with E-state index in [9.17, 15) is 5.11 Å². The molecule has 0 saturated carbocycles. The van der Waals surface area contributed by atoms with Crippen LogP contribution in [0.15, 0.2) is 0 Å². The molecular formula is C12H26N2O. The number of hydrogen-bond acceptors (Lipinski definition) is 3. The molecule has 3 nitrogen and oxygen atoms in total. The van der Waals surface area contributed by atoms with Crippen molar-refractivity contribution in [1.29, 1.82) is 0 Å². The third-order valence-corrected chi connectivity index (χ3v) is 3.53. The highest BCUT2D eigenvalue weighted by molar-refractivity contribution is 4.89. The van der Waals surface area contributed by atoms with Crippen molar-refractivity contribution in [3.8, 4) is 0 Å². The first kappa shape index (κ1) is 12.9. The summed E-state index contributed by atoms with van der Waals surface area (Å²) in [5, 5.41) is 9.20. The third-order valence-electron chi connectivity index (χ3n) is 3.53. The van der Waals surface area contributed by atoms with Crippen molar-refractivity contribution in [3.63, 3.8) is 0 Å². The first-order valence-electron chi connectivity index (χ1n) is 5.96. The van der Waals surface area contributed by atoms with Gasteiger partial charge in [0.05, 0.1) is 0 Å². The molecule has 90 valence electrons. The van der Waals surface area contributed by atoms with Gasteiger partial charge in [-0.1, -0.05) is 0 Å². The van der Waals surface area contributed by atoms with Gasteiger partial charge in [0.25, 0.3) is 0 Å². The molecule has 0 aliphatic carbocycles. The van der Waals surface area contributed by atoms with Crippen molar-refractivity contribution in [2.45, 2.75) is 32.2 Å². The van der Waals surface area contributed by atoms with Gasteiger partial charge in [-0.2, -0.15) is 0 Å². The van der Waals surface area contributed by atoms with Crippen molar-refractivity contribution in [2.24, 2.45) is 5.92 Å². The molecule has 1 saturated heterocycles. The lowest BCUT2D eigenvalue weighted by Crippen LogP contribution is -2.52. The molecular weight excluding hydrogens is 188 g/mol. The summed E-state index contributed by atoms with van der Waals surface area (Å²) in [5.41, 5.74) is 0.252. The fourth-order valence-corrected chi connectivity index (χ4v) is 2.47. The van der Waals surface area contributed by atoms with Gasteiger partial charge >= 0.3 is 0 Å². The van der Waals surface area contributed by atoms with Crippen LogP contribution >= 0.6 is 0 Å². The average Bonchev–Trinajstić information content (AvgIpc) is 2.14. The summed E-state index contributed by atoms with van der Waals surface area (Å²) in [6, 6.07) is 0. The molecule has 15 heavy (non-hydrogen) atoms. The Bertz CT molecular complexity index is 192. The standard InChI is InChI=1S/C12H26N2O/c1-12(2)9-11(10-15)5-6-14(12)8-7-13(3)4/h11,15H,5-10H2,1-4H3. The summed E-state index contributed by atoms with van der Waals surface area (Å²) >= 11 is 0. The summed E-state index contributed by atoms with van der Waals surface area (Å²) in [5.74, 6) is 0.510. The number of likely N-dealkylation sites (N-methyl/N-ethyl adjacent to an activating group) is 1. The second-order valence-electron chi connectivity index (χ2n) is 5.64. The Labute approximate surface area is 94.1 Å². The topological polar surface area (TPSA) is 26.7 Å². The highest BCUT2D eigenvalue weighted by atomic mass is 16.3. The minimum atomic E-state index is 0.252. The van der Waals surface area contributed by atoms with E-state index in [0.717, 1.165) is 32.5 Å². The highest BCUT2D eigenvalue weighted by Gasteiger charge is 2.33. The van der Waals surface area contributed by atoms with E-state index >= 15 is 0 Å². The molecule has 0 radical (unpaired) electrons. The summed E-state index contributed by atoms with van der Waals surface area (Å²) in [6.07, 6.45) is 2.27. The van der Waals surface area contributed by atoms with Crippen LogP contribution in [-0.2, 0) is 0 Å². The van der Waals surface area contributed by atoms with Crippen molar-refractivity contribution in [3.05, 3.63) is 0 Å². The quantitative estimate of drug-likeness (QED) is 0.757. The first-order chi connectivity index (χ1) is 6.95. The van der Waals surface area contributed by atoms with Gasteiger partial charge in [0.2, 0.25) is 0 Å². The molecule has 3 heteroatoms. The zero-order valence-corrected chi connectivity index (χ0v) is 10.7. The Balaban J connectivity index is 2.45. The second-order valence-corrected chi connectivity index (χ2v) is 5.64. The van der Waals surface area contributed by atoms with Crippen LogP contribution in [0.4, 0.5) is 0 Å². The minimum absolute atomic E-state index is 0.252. The highest BCUT2D eigenvalue weighted by Crippen LogP contribution is 2.30. The van der Waals surface area contributed by atoms with E-state index in [1.807, 2.05) is 0 Å². The summed E-state index contributed by atoms with van der Waals surface area (Å²) in [7, 11) is 4.24. The molecule has 1 aliphatic rings. The molecule has 0 spiro atoms. The zero-order valence-electron chi connectivity index (χ0n) is 10.7. The van der Waals surface area contributed by atoms with Crippen LogP contribution in [0.3, 0.4) is 0 Å². The van der Waals surface area contributed by atoms with Crippen LogP contribution in [0.5, 0.6) is 0 Å². The van der Waals surface area contributed by atoms with Crippen molar-refractivity contribution < 1.29 is 5.11 Å². The van der Waals surface area contributed by atoms with Gasteiger partial charge < -0.3 is 10.0 Å². The van der Waals surface area contributed by atoms with Crippen LogP contribution in [0.1, 0.15) is 26.7 Å². The van der Waals surface area contributed by atoms with Crippen molar-refractivity contribution in [2.75, 3.05) is 40.3 Å². The first-order valence-corrected chi connectivity index (χ1v) is 5.96. The summed E-state index contributed by atoms with van der Waals surface area (Å²) in [6.45, 7) is 8.33. The fraction of sp³-hybridized carbons (Fsp3) is 1.00. The second kappa shape index (κ2) is 5.28. The number of nitrogens with zero attached hydrogens (tertiary/aromatic N) is 2. The minimum Gasteiger partial charge on any atom is -0.396 e. The van der Waals surface area contributed by atoms with Crippen LogP contribution in [0.25, 0.3) is 0 Å². The summed E-state index contributed by atoms with van der Waals surface area (Å²) < 4.78 is 0. The Morgan fingerprint density at radius 2 is 2.07 bits per heavy atom. The molecule has 0 aromatic carbocycles. The number of likely N-dealkylation sites (tertiary alicyclic amines) is 1. The van der Waals surface area contributed by atoms with E-state index in [2.05, 4.69) is 37.7 Å². The third kappa shape index (κ3) is 3.74. The zero-order chi connectivity index (χ0) is 11.5. The number of aliphatic hydroxyl groups is 1. The fourth-order valence-electron chi connectivity index (χ4n) is 2.47. The van der Waals surface area contributed by atoms with Gasteiger partial charge in [-0.15, -0.1) is 0 Å². The summed E-state index contributed by atoms with van der Waals surface area (Å²) in [4.78, 5) is 4.79. The maximum Gasteiger partial charge on any atom is 0.0460 e. The van der Waals surface area contributed by atoms with Gasteiger partial charge in [0, 0.05) is 25.2 Å². The Hall–Kier alpha value is -0.120. The lowest BCUT2D eigenvalue weighted by molar-refractivity contribution is 0.0239. The number of hydrogen-bond donors (Lipinski definition) is 1. The molecule has 1 atom stereocenters. The van der Waals surface area contributed by atoms with Gasteiger partial charge in [0.15, 0.2) is 0 Å². The maximum absolute atomic E-state index is 9.20. The molecule has 0 bridgehead atoms. The van der Waals surface area contributed by atoms with Gasteiger partial charge in [-0.3, -0.25) is 4.90 Å². The van der Waals surface area contributed by atoms with E-state index in [1.54, 1.807) is 0 Å². The van der Waals surface area contributed by atoms with Crippen molar-refractivity contribution >= 4 is 0 Å². The lowest BCUT2D eigenvalue weighted by Gasteiger charge is -2.45. The number of rotatable bonds is 4. The van der Waals surface area contributed by atoms with E-state index in [0.29, 0.717) is 12.5 Å². The van der Waals surface area contributed by atoms with Crippen LogP contribution in [-0.4, -0.2) is 60.8 Å². The molecule has 0 aromatic rings. The Morgan fingerprint density at radius 3 is 2.53 bits per heavy atom. The molecule has 1 N–H and O–H groups in total. The van der Waals surface area contributed by atoms with E-state index in [4.69, 9.17) is 0 Å². The monoisotopic (exact) mass is 214 g/mol. The van der Waals surface area contributed by atoms with Crippen LogP contribution < -0.4 is 0 Å². The number of piperidine rings is 1.